The van der Waals surface area contributed by atoms with Crippen molar-refractivity contribution in [2.75, 3.05) is 20.3 Å². The predicted molar refractivity (Wildman–Crippen MR) is 108 cm³/mol. The van der Waals surface area contributed by atoms with Gasteiger partial charge in [-0.25, -0.2) is 0 Å². The first-order valence-corrected chi connectivity index (χ1v) is 10.1. The lowest BCUT2D eigenvalue weighted by Gasteiger charge is -2.15. The Hall–Kier alpha value is -2.31. The lowest BCUT2D eigenvalue weighted by molar-refractivity contribution is 0.0851. The fourth-order valence-corrected chi connectivity index (χ4v) is 4.59. The molecule has 1 amide bonds. The highest BCUT2D eigenvalue weighted by molar-refractivity contribution is 7.19. The predicted octanol–water partition coefficient (Wildman–Crippen LogP) is 3.98. The van der Waals surface area contributed by atoms with Crippen molar-refractivity contribution in [2.45, 2.75) is 32.4 Å². The minimum absolute atomic E-state index is 0.0542. The molecule has 142 valence electrons. The SMILES string of the molecule is COc1ccccc1Cn1c(C(=O)NC[C@@H]2CCCO2)cc2sc(C)cc21. The van der Waals surface area contributed by atoms with Gasteiger partial charge in [-0.3, -0.25) is 4.79 Å². The first kappa shape index (κ1) is 18.1. The number of benzene rings is 1. The Balaban J connectivity index is 1.64. The number of hydrogen-bond donors (Lipinski definition) is 1. The molecule has 1 aliphatic heterocycles. The van der Waals surface area contributed by atoms with Crippen LogP contribution in [0.3, 0.4) is 0 Å². The van der Waals surface area contributed by atoms with Crippen molar-refractivity contribution in [2.24, 2.45) is 0 Å². The summed E-state index contributed by atoms with van der Waals surface area (Å²) in [5.41, 5.74) is 2.82. The van der Waals surface area contributed by atoms with E-state index in [1.165, 1.54) is 4.88 Å². The fourth-order valence-electron chi connectivity index (χ4n) is 3.63. The van der Waals surface area contributed by atoms with Crippen molar-refractivity contribution in [1.29, 1.82) is 0 Å². The zero-order valence-corrected chi connectivity index (χ0v) is 16.5. The van der Waals surface area contributed by atoms with Gasteiger partial charge in [0.2, 0.25) is 0 Å². The molecular weight excluding hydrogens is 360 g/mol. The van der Waals surface area contributed by atoms with Crippen LogP contribution in [-0.2, 0) is 11.3 Å². The van der Waals surface area contributed by atoms with Gasteiger partial charge in [0.25, 0.3) is 5.91 Å². The summed E-state index contributed by atoms with van der Waals surface area (Å²) in [5, 5.41) is 3.05. The molecule has 5 nitrogen and oxygen atoms in total. The summed E-state index contributed by atoms with van der Waals surface area (Å²) < 4.78 is 14.3. The maximum atomic E-state index is 12.9. The molecule has 2 aromatic heterocycles. The highest BCUT2D eigenvalue weighted by Gasteiger charge is 2.21. The zero-order chi connectivity index (χ0) is 18.8. The number of para-hydroxylation sites is 1. The number of methoxy groups -OCH3 is 1. The van der Waals surface area contributed by atoms with E-state index in [0.717, 1.165) is 41.0 Å². The van der Waals surface area contributed by atoms with E-state index in [1.807, 2.05) is 30.3 Å². The molecular formula is C21H24N2O3S. The van der Waals surface area contributed by atoms with Crippen molar-refractivity contribution in [3.8, 4) is 5.75 Å². The quantitative estimate of drug-likeness (QED) is 0.699. The number of amides is 1. The second-order valence-corrected chi connectivity index (χ2v) is 8.17. The van der Waals surface area contributed by atoms with Crippen molar-refractivity contribution in [3.63, 3.8) is 0 Å². The van der Waals surface area contributed by atoms with Gasteiger partial charge in [-0.1, -0.05) is 18.2 Å². The Morgan fingerprint density at radius 3 is 3.00 bits per heavy atom. The molecule has 27 heavy (non-hydrogen) atoms. The van der Waals surface area contributed by atoms with Crippen molar-refractivity contribution in [3.05, 3.63) is 52.5 Å². The van der Waals surface area contributed by atoms with Crippen LogP contribution in [0.5, 0.6) is 5.75 Å². The molecule has 0 unspecified atom stereocenters. The number of carbonyl (C=O) groups is 1. The van der Waals surface area contributed by atoms with Crippen LogP contribution in [0.25, 0.3) is 10.2 Å². The molecule has 0 bridgehead atoms. The van der Waals surface area contributed by atoms with E-state index < -0.39 is 0 Å². The molecule has 1 atom stereocenters. The number of aryl methyl sites for hydroxylation is 1. The molecule has 1 aliphatic rings. The van der Waals surface area contributed by atoms with Crippen LogP contribution in [0.2, 0.25) is 0 Å². The van der Waals surface area contributed by atoms with E-state index in [2.05, 4.69) is 22.9 Å². The van der Waals surface area contributed by atoms with Crippen molar-refractivity contribution < 1.29 is 14.3 Å². The molecule has 0 spiro atoms. The highest BCUT2D eigenvalue weighted by atomic mass is 32.1. The van der Waals surface area contributed by atoms with Crippen LogP contribution < -0.4 is 10.1 Å². The van der Waals surface area contributed by atoms with Gasteiger partial charge >= 0.3 is 0 Å². The lowest BCUT2D eigenvalue weighted by Crippen LogP contribution is -2.33. The number of thiophene rings is 1. The van der Waals surface area contributed by atoms with E-state index in [-0.39, 0.29) is 12.0 Å². The van der Waals surface area contributed by atoms with Crippen LogP contribution in [0.15, 0.2) is 36.4 Å². The molecule has 1 fully saturated rings. The summed E-state index contributed by atoms with van der Waals surface area (Å²) in [7, 11) is 1.67. The average Bonchev–Trinajstić information content (AvgIpc) is 3.38. The van der Waals surface area contributed by atoms with Crippen LogP contribution in [0.1, 0.15) is 33.8 Å². The standard InChI is InChI=1S/C21H24N2O3S/c1-14-10-17-20(27-14)11-18(21(24)22-12-16-7-5-9-26-16)23(17)13-15-6-3-4-8-19(15)25-2/h3-4,6,8,10-11,16H,5,7,9,12-13H2,1-2H3,(H,22,24)/t16-/m0/s1. The topological polar surface area (TPSA) is 52.5 Å². The molecule has 6 heteroatoms. The Morgan fingerprint density at radius 1 is 1.37 bits per heavy atom. The van der Waals surface area contributed by atoms with Gasteiger partial charge in [-0.05, 0) is 38.0 Å². The fraction of sp³-hybridized carbons (Fsp3) is 0.381. The summed E-state index contributed by atoms with van der Waals surface area (Å²) >= 11 is 1.71. The van der Waals surface area contributed by atoms with Gasteiger partial charge in [0.15, 0.2) is 0 Å². The third-order valence-corrected chi connectivity index (χ3v) is 5.97. The van der Waals surface area contributed by atoms with E-state index in [9.17, 15) is 4.79 Å². The number of rotatable bonds is 6. The van der Waals surface area contributed by atoms with Gasteiger partial charge in [-0.2, -0.15) is 0 Å². The molecule has 4 rings (SSSR count). The van der Waals surface area contributed by atoms with Gasteiger partial charge in [0.1, 0.15) is 11.4 Å². The minimum atomic E-state index is -0.0542. The number of carbonyl (C=O) groups excluding carboxylic acids is 1. The number of nitrogens with one attached hydrogen (secondary N) is 1. The van der Waals surface area contributed by atoms with Gasteiger partial charge in [0.05, 0.1) is 30.0 Å². The van der Waals surface area contributed by atoms with Crippen molar-refractivity contribution in [1.82, 2.24) is 9.88 Å². The van der Waals surface area contributed by atoms with Gasteiger partial charge in [0, 0.05) is 23.6 Å². The van der Waals surface area contributed by atoms with E-state index in [4.69, 9.17) is 9.47 Å². The lowest BCUT2D eigenvalue weighted by atomic mass is 10.2. The van der Waals surface area contributed by atoms with Crippen LogP contribution in [0, 0.1) is 6.92 Å². The maximum absolute atomic E-state index is 12.9. The first-order chi connectivity index (χ1) is 13.2. The second-order valence-electron chi connectivity index (χ2n) is 6.88. The summed E-state index contributed by atoms with van der Waals surface area (Å²) in [6.07, 6.45) is 2.21. The number of aromatic nitrogens is 1. The molecule has 1 N–H and O–H groups in total. The van der Waals surface area contributed by atoms with Gasteiger partial charge in [-0.15, -0.1) is 11.3 Å². The Bertz CT molecular complexity index is 954. The van der Waals surface area contributed by atoms with Crippen LogP contribution in [0.4, 0.5) is 0 Å². The third kappa shape index (κ3) is 3.73. The number of ether oxygens (including phenoxy) is 2. The van der Waals surface area contributed by atoms with Crippen LogP contribution >= 0.6 is 11.3 Å². The molecule has 0 aliphatic carbocycles. The zero-order valence-electron chi connectivity index (χ0n) is 15.7. The van der Waals surface area contributed by atoms with E-state index >= 15 is 0 Å². The largest absolute Gasteiger partial charge is 0.496 e. The molecule has 0 saturated carbocycles. The molecule has 3 aromatic rings. The number of hydrogen-bond acceptors (Lipinski definition) is 4. The number of fused-ring (bicyclic) bond motifs is 1. The molecule has 0 radical (unpaired) electrons. The molecule has 3 heterocycles. The normalized spacial score (nSPS) is 16.7. The number of nitrogens with zero attached hydrogens (tertiary/aromatic N) is 1. The molecule has 1 aromatic carbocycles. The minimum Gasteiger partial charge on any atom is -0.496 e. The average molecular weight is 385 g/mol. The summed E-state index contributed by atoms with van der Waals surface area (Å²) in [5.74, 6) is 0.776. The maximum Gasteiger partial charge on any atom is 0.268 e. The summed E-state index contributed by atoms with van der Waals surface area (Å²) in [6.45, 7) is 4.03. The first-order valence-electron chi connectivity index (χ1n) is 9.27. The van der Waals surface area contributed by atoms with E-state index in [1.54, 1.807) is 18.4 Å². The summed E-state index contributed by atoms with van der Waals surface area (Å²) in [6, 6.07) is 12.1. The van der Waals surface area contributed by atoms with E-state index in [0.29, 0.717) is 18.8 Å². The van der Waals surface area contributed by atoms with Crippen LogP contribution in [-0.4, -0.2) is 36.8 Å². The molecule has 1 saturated heterocycles. The highest BCUT2D eigenvalue weighted by Crippen LogP contribution is 2.30. The Kier molecular flexibility index (Phi) is 5.18. The second kappa shape index (κ2) is 7.74. The van der Waals surface area contributed by atoms with Crippen molar-refractivity contribution >= 4 is 27.5 Å². The Morgan fingerprint density at radius 2 is 2.22 bits per heavy atom. The van der Waals surface area contributed by atoms with Gasteiger partial charge < -0.3 is 19.4 Å². The Labute approximate surface area is 162 Å². The summed E-state index contributed by atoms with van der Waals surface area (Å²) in [4.78, 5) is 14.1. The smallest absolute Gasteiger partial charge is 0.268 e. The third-order valence-electron chi connectivity index (χ3n) is 4.98. The monoisotopic (exact) mass is 384 g/mol.